The average molecular weight is 370 g/mol. The van der Waals surface area contributed by atoms with E-state index in [-0.39, 0.29) is 23.9 Å². The highest BCUT2D eigenvalue weighted by molar-refractivity contribution is 8.00. The van der Waals surface area contributed by atoms with Crippen molar-refractivity contribution in [1.82, 2.24) is 9.13 Å². The molecule has 0 bridgehead atoms. The minimum atomic E-state index is -0.432. The number of hydrogen-bond acceptors (Lipinski definition) is 4. The van der Waals surface area contributed by atoms with Gasteiger partial charge >= 0.3 is 5.69 Å². The van der Waals surface area contributed by atoms with Crippen LogP contribution >= 0.6 is 11.8 Å². The first-order valence-electron chi connectivity index (χ1n) is 7.91. The normalized spacial score (nSPS) is 10.8. The van der Waals surface area contributed by atoms with Gasteiger partial charge in [-0.25, -0.2) is 4.79 Å². The number of benzene rings is 2. The average Bonchev–Trinajstić information content (AvgIpc) is 2.86. The van der Waals surface area contributed by atoms with Crippen LogP contribution < -0.4 is 16.7 Å². The van der Waals surface area contributed by atoms with E-state index in [1.165, 1.54) is 20.9 Å². The van der Waals surface area contributed by atoms with Gasteiger partial charge in [0.1, 0.15) is 6.54 Å². The Morgan fingerprint density at radius 3 is 2.46 bits per heavy atom. The molecule has 2 aromatic carbocycles. The van der Waals surface area contributed by atoms with E-state index in [0.717, 1.165) is 10.4 Å². The van der Waals surface area contributed by atoms with Crippen LogP contribution in [0.5, 0.6) is 0 Å². The van der Waals surface area contributed by atoms with Crippen molar-refractivity contribution in [1.29, 1.82) is 0 Å². The molecule has 0 aliphatic heterocycles. The summed E-state index contributed by atoms with van der Waals surface area (Å²) in [5.74, 6) is -0.635. The van der Waals surface area contributed by atoms with E-state index in [2.05, 4.69) is 5.32 Å². The molecule has 8 heteroatoms. The molecule has 3 aromatic rings. The maximum absolute atomic E-state index is 12.5. The van der Waals surface area contributed by atoms with Crippen molar-refractivity contribution in [2.24, 2.45) is 12.8 Å². The van der Waals surface area contributed by atoms with E-state index < -0.39 is 5.91 Å². The summed E-state index contributed by atoms with van der Waals surface area (Å²) in [7, 11) is 1.68. The molecular formula is C18H18N4O3S. The maximum atomic E-state index is 12.5. The summed E-state index contributed by atoms with van der Waals surface area (Å²) in [4.78, 5) is 36.6. The van der Waals surface area contributed by atoms with Crippen molar-refractivity contribution in [2.75, 3.05) is 11.1 Å². The molecular weight excluding hydrogens is 352 g/mol. The lowest BCUT2D eigenvalue weighted by molar-refractivity contribution is -0.117. The summed E-state index contributed by atoms with van der Waals surface area (Å²) in [5.41, 5.74) is 6.97. The standard InChI is InChI=1S/C18H18N4O3S/c1-21-13-7-3-4-8-14(13)22(18(21)25)10-17(24)20-12-6-2-5-9-15(12)26-11-16(19)23/h2-9H,10-11H2,1H3,(H2,19,23)(H,20,24). The largest absolute Gasteiger partial charge is 0.369 e. The Morgan fingerprint density at radius 2 is 1.73 bits per heavy atom. The second kappa shape index (κ2) is 7.49. The minimum absolute atomic E-state index is 0.102. The van der Waals surface area contributed by atoms with Gasteiger partial charge in [-0.05, 0) is 24.3 Å². The number of aromatic nitrogens is 2. The number of thioether (sulfide) groups is 1. The lowest BCUT2D eigenvalue weighted by Crippen LogP contribution is -2.28. The zero-order valence-electron chi connectivity index (χ0n) is 14.1. The van der Waals surface area contributed by atoms with Crippen molar-refractivity contribution in [2.45, 2.75) is 11.4 Å². The molecule has 0 fully saturated rings. The number of nitrogens with one attached hydrogen (secondary N) is 1. The van der Waals surface area contributed by atoms with Crippen molar-refractivity contribution in [3.63, 3.8) is 0 Å². The molecule has 1 aromatic heterocycles. The van der Waals surface area contributed by atoms with Gasteiger partial charge in [-0.1, -0.05) is 24.3 Å². The van der Waals surface area contributed by atoms with Crippen LogP contribution in [0.2, 0.25) is 0 Å². The SMILES string of the molecule is Cn1c(=O)n(CC(=O)Nc2ccccc2SCC(N)=O)c2ccccc21. The summed E-state index contributed by atoms with van der Waals surface area (Å²) in [6, 6.07) is 14.5. The van der Waals surface area contributed by atoms with Crippen LogP contribution in [0.25, 0.3) is 11.0 Å². The van der Waals surface area contributed by atoms with E-state index in [4.69, 9.17) is 5.73 Å². The van der Waals surface area contributed by atoms with E-state index in [1.54, 1.807) is 31.3 Å². The van der Waals surface area contributed by atoms with Gasteiger partial charge in [0, 0.05) is 11.9 Å². The van der Waals surface area contributed by atoms with Crippen LogP contribution in [0.1, 0.15) is 0 Å². The number of amides is 2. The van der Waals surface area contributed by atoms with E-state index >= 15 is 0 Å². The first-order chi connectivity index (χ1) is 12.5. The number of aryl methyl sites for hydroxylation is 1. The van der Waals surface area contributed by atoms with Crippen LogP contribution in [0.15, 0.2) is 58.2 Å². The monoisotopic (exact) mass is 370 g/mol. The first kappa shape index (κ1) is 17.8. The Balaban J connectivity index is 1.82. The maximum Gasteiger partial charge on any atom is 0.329 e. The third kappa shape index (κ3) is 3.65. The van der Waals surface area contributed by atoms with Gasteiger partial charge in [-0.15, -0.1) is 11.8 Å². The van der Waals surface area contributed by atoms with Gasteiger partial charge in [-0.3, -0.25) is 18.7 Å². The molecule has 0 unspecified atom stereocenters. The summed E-state index contributed by atoms with van der Waals surface area (Å²) in [6.07, 6.45) is 0. The Morgan fingerprint density at radius 1 is 1.08 bits per heavy atom. The van der Waals surface area contributed by atoms with Gasteiger partial charge in [0.25, 0.3) is 0 Å². The summed E-state index contributed by atoms with van der Waals surface area (Å²) in [5, 5.41) is 2.80. The number of carbonyl (C=O) groups excluding carboxylic acids is 2. The quantitative estimate of drug-likeness (QED) is 0.643. The number of para-hydroxylation sites is 3. The number of hydrogen-bond donors (Lipinski definition) is 2. The Kier molecular flexibility index (Phi) is 5.13. The summed E-state index contributed by atoms with van der Waals surface area (Å²) < 4.78 is 2.95. The predicted molar refractivity (Wildman–Crippen MR) is 102 cm³/mol. The highest BCUT2D eigenvalue weighted by atomic mass is 32.2. The third-order valence-corrected chi connectivity index (χ3v) is 4.98. The van der Waals surface area contributed by atoms with Gasteiger partial charge in [0.2, 0.25) is 11.8 Å². The van der Waals surface area contributed by atoms with Crippen molar-refractivity contribution in [3.8, 4) is 0 Å². The van der Waals surface area contributed by atoms with Gasteiger partial charge in [-0.2, -0.15) is 0 Å². The summed E-state index contributed by atoms with van der Waals surface area (Å²) in [6.45, 7) is -0.102. The smallest absolute Gasteiger partial charge is 0.329 e. The molecule has 0 spiro atoms. The molecule has 7 nitrogen and oxygen atoms in total. The molecule has 3 N–H and O–H groups in total. The molecule has 2 amide bonds. The fourth-order valence-electron chi connectivity index (χ4n) is 2.69. The third-order valence-electron chi connectivity index (χ3n) is 3.88. The highest BCUT2D eigenvalue weighted by Crippen LogP contribution is 2.26. The number of primary amides is 1. The Bertz CT molecular complexity index is 1040. The van der Waals surface area contributed by atoms with Crippen molar-refractivity contribution in [3.05, 3.63) is 59.0 Å². The molecule has 0 atom stereocenters. The van der Waals surface area contributed by atoms with Crippen LogP contribution in [-0.4, -0.2) is 26.7 Å². The summed E-state index contributed by atoms with van der Waals surface area (Å²) >= 11 is 1.25. The molecule has 0 aliphatic carbocycles. The number of rotatable bonds is 6. The molecule has 0 aliphatic rings. The number of imidazole rings is 1. The number of nitrogens with zero attached hydrogens (tertiary/aromatic N) is 2. The number of nitrogens with two attached hydrogens (primary N) is 1. The van der Waals surface area contributed by atoms with Crippen LogP contribution in [0, 0.1) is 0 Å². The number of anilines is 1. The number of carbonyl (C=O) groups is 2. The molecule has 0 saturated heterocycles. The lowest BCUT2D eigenvalue weighted by Gasteiger charge is -2.10. The molecule has 0 radical (unpaired) electrons. The minimum Gasteiger partial charge on any atom is -0.369 e. The lowest BCUT2D eigenvalue weighted by atomic mass is 10.3. The highest BCUT2D eigenvalue weighted by Gasteiger charge is 2.14. The zero-order valence-corrected chi connectivity index (χ0v) is 15.0. The van der Waals surface area contributed by atoms with Crippen LogP contribution in [0.3, 0.4) is 0 Å². The molecule has 1 heterocycles. The van der Waals surface area contributed by atoms with Crippen molar-refractivity contribution >= 4 is 40.3 Å². The Hall–Kier alpha value is -3.00. The first-order valence-corrected chi connectivity index (χ1v) is 8.90. The fraction of sp³-hybridized carbons (Fsp3) is 0.167. The Labute approximate surface area is 153 Å². The molecule has 3 rings (SSSR count). The van der Waals surface area contributed by atoms with Gasteiger partial charge in [0.05, 0.1) is 22.5 Å². The van der Waals surface area contributed by atoms with Gasteiger partial charge < -0.3 is 11.1 Å². The van der Waals surface area contributed by atoms with E-state index in [0.29, 0.717) is 11.2 Å². The van der Waals surface area contributed by atoms with Crippen LogP contribution in [-0.2, 0) is 23.2 Å². The predicted octanol–water partition coefficient (Wildman–Crippen LogP) is 1.56. The van der Waals surface area contributed by atoms with Crippen LogP contribution in [0.4, 0.5) is 5.69 Å². The van der Waals surface area contributed by atoms with Crippen molar-refractivity contribution < 1.29 is 9.59 Å². The molecule has 0 saturated carbocycles. The second-order valence-corrected chi connectivity index (χ2v) is 6.73. The fourth-order valence-corrected chi connectivity index (χ4v) is 3.44. The zero-order chi connectivity index (χ0) is 18.7. The van der Waals surface area contributed by atoms with E-state index in [9.17, 15) is 14.4 Å². The van der Waals surface area contributed by atoms with E-state index in [1.807, 2.05) is 24.3 Å². The number of fused-ring (bicyclic) bond motifs is 1. The molecule has 134 valence electrons. The topological polar surface area (TPSA) is 99.1 Å². The molecule has 26 heavy (non-hydrogen) atoms. The van der Waals surface area contributed by atoms with Gasteiger partial charge in [0.15, 0.2) is 0 Å². The second-order valence-electron chi connectivity index (χ2n) is 5.72.